The minimum absolute atomic E-state index is 0.123. The molecule has 0 saturated heterocycles. The Morgan fingerprint density at radius 2 is 1.87 bits per heavy atom. The maximum Gasteiger partial charge on any atom is 0.416 e. The molecule has 162 valence electrons. The van der Waals surface area contributed by atoms with Gasteiger partial charge < -0.3 is 20.3 Å². The maximum absolute atomic E-state index is 12.9. The average Bonchev–Trinajstić information content (AvgIpc) is 3.43. The van der Waals surface area contributed by atoms with Crippen LogP contribution in [0.5, 0.6) is 0 Å². The molecular formula is C21H24F3N3O3. The number of aliphatic hydroxyl groups is 1. The molecule has 9 heteroatoms. The van der Waals surface area contributed by atoms with E-state index in [2.05, 4.69) is 15.8 Å². The SMILES string of the molecule is O=C(NC1CCCC(O)C1)c1noc(-c2ccc(C(F)(F)F)cc2)c1CNC1CC1. The van der Waals surface area contributed by atoms with Gasteiger partial charge in [-0.25, -0.2) is 0 Å². The van der Waals surface area contributed by atoms with E-state index in [1.165, 1.54) is 12.1 Å². The first-order valence-electron chi connectivity index (χ1n) is 10.2. The summed E-state index contributed by atoms with van der Waals surface area (Å²) in [5.41, 5.74) is 0.320. The number of nitrogens with one attached hydrogen (secondary N) is 2. The molecule has 4 rings (SSSR count). The van der Waals surface area contributed by atoms with Crippen LogP contribution in [-0.4, -0.2) is 34.4 Å². The van der Waals surface area contributed by atoms with Crippen LogP contribution in [0, 0.1) is 0 Å². The van der Waals surface area contributed by atoms with E-state index in [9.17, 15) is 23.1 Å². The lowest BCUT2D eigenvalue weighted by Crippen LogP contribution is -2.40. The predicted molar refractivity (Wildman–Crippen MR) is 103 cm³/mol. The van der Waals surface area contributed by atoms with E-state index in [-0.39, 0.29) is 17.5 Å². The molecule has 1 aromatic carbocycles. The smallest absolute Gasteiger partial charge is 0.393 e. The number of benzene rings is 1. The van der Waals surface area contributed by atoms with Gasteiger partial charge in [-0.1, -0.05) is 17.3 Å². The normalized spacial score (nSPS) is 22.1. The Morgan fingerprint density at radius 3 is 2.50 bits per heavy atom. The Bertz CT molecular complexity index is 891. The standard InChI is InChI=1S/C21H24F3N3O3/c22-21(23,24)13-6-4-12(5-7-13)19-17(11-25-14-8-9-14)18(27-30-19)20(29)26-15-2-1-3-16(28)10-15/h4-7,14-16,25,28H,1-3,8-11H2,(H,26,29). The van der Waals surface area contributed by atoms with Crippen molar-refractivity contribution >= 4 is 5.91 Å². The van der Waals surface area contributed by atoms with Gasteiger partial charge in [0.25, 0.3) is 5.91 Å². The molecule has 1 heterocycles. The van der Waals surface area contributed by atoms with Crippen LogP contribution in [0.15, 0.2) is 28.8 Å². The number of hydrogen-bond acceptors (Lipinski definition) is 5. The zero-order chi connectivity index (χ0) is 21.3. The summed E-state index contributed by atoms with van der Waals surface area (Å²) in [4.78, 5) is 12.8. The zero-order valence-corrected chi connectivity index (χ0v) is 16.3. The molecule has 2 fully saturated rings. The summed E-state index contributed by atoms with van der Waals surface area (Å²) < 4.78 is 44.0. The van der Waals surface area contributed by atoms with Crippen molar-refractivity contribution in [3.63, 3.8) is 0 Å². The van der Waals surface area contributed by atoms with Gasteiger partial charge in [-0.05, 0) is 50.7 Å². The number of aliphatic hydroxyl groups excluding tert-OH is 1. The number of nitrogens with zero attached hydrogens (tertiary/aromatic N) is 1. The zero-order valence-electron chi connectivity index (χ0n) is 16.3. The molecule has 1 amide bonds. The van der Waals surface area contributed by atoms with E-state index in [1.54, 1.807) is 0 Å². The third-order valence-electron chi connectivity index (χ3n) is 5.60. The van der Waals surface area contributed by atoms with Crippen molar-refractivity contribution in [2.75, 3.05) is 0 Å². The first-order valence-corrected chi connectivity index (χ1v) is 10.2. The number of amides is 1. The number of halogens is 3. The fourth-order valence-corrected chi connectivity index (χ4v) is 3.77. The fraction of sp³-hybridized carbons (Fsp3) is 0.524. The van der Waals surface area contributed by atoms with Gasteiger partial charge in [0, 0.05) is 29.8 Å². The highest BCUT2D eigenvalue weighted by molar-refractivity contribution is 5.95. The van der Waals surface area contributed by atoms with Crippen molar-refractivity contribution in [1.29, 1.82) is 0 Å². The summed E-state index contributed by atoms with van der Waals surface area (Å²) in [6, 6.07) is 4.84. The molecule has 3 N–H and O–H groups in total. The molecule has 0 aliphatic heterocycles. The third kappa shape index (κ3) is 4.84. The van der Waals surface area contributed by atoms with Crippen molar-refractivity contribution in [3.05, 3.63) is 41.1 Å². The number of alkyl halides is 3. The topological polar surface area (TPSA) is 87.4 Å². The molecule has 2 aliphatic carbocycles. The van der Waals surface area contributed by atoms with Crippen LogP contribution in [-0.2, 0) is 12.7 Å². The molecular weight excluding hydrogens is 399 g/mol. The Morgan fingerprint density at radius 1 is 1.13 bits per heavy atom. The molecule has 2 atom stereocenters. The Hall–Kier alpha value is -2.39. The second kappa shape index (κ2) is 8.39. The molecule has 6 nitrogen and oxygen atoms in total. The molecule has 2 unspecified atom stereocenters. The highest BCUT2D eigenvalue weighted by Gasteiger charge is 2.31. The van der Waals surface area contributed by atoms with E-state index in [4.69, 9.17) is 4.52 Å². The first kappa shape index (κ1) is 20.9. The monoisotopic (exact) mass is 423 g/mol. The number of carbonyl (C=O) groups excluding carboxylic acids is 1. The number of rotatable bonds is 6. The minimum atomic E-state index is -4.42. The van der Waals surface area contributed by atoms with Crippen molar-refractivity contribution in [2.45, 2.75) is 69.4 Å². The van der Waals surface area contributed by atoms with Crippen molar-refractivity contribution in [3.8, 4) is 11.3 Å². The van der Waals surface area contributed by atoms with Crippen molar-refractivity contribution in [1.82, 2.24) is 15.8 Å². The van der Waals surface area contributed by atoms with Gasteiger partial charge >= 0.3 is 6.18 Å². The third-order valence-corrected chi connectivity index (χ3v) is 5.60. The van der Waals surface area contributed by atoms with E-state index >= 15 is 0 Å². The number of carbonyl (C=O) groups is 1. The lowest BCUT2D eigenvalue weighted by Gasteiger charge is -2.26. The van der Waals surface area contributed by atoms with Crippen LogP contribution in [0.2, 0.25) is 0 Å². The second-order valence-electron chi connectivity index (χ2n) is 8.06. The van der Waals surface area contributed by atoms with Gasteiger partial charge in [0.15, 0.2) is 11.5 Å². The molecule has 1 aromatic heterocycles. The average molecular weight is 423 g/mol. The quantitative estimate of drug-likeness (QED) is 0.660. The van der Waals surface area contributed by atoms with Crippen LogP contribution in [0.1, 0.15) is 60.1 Å². The van der Waals surface area contributed by atoms with Crippen LogP contribution >= 0.6 is 0 Å². The van der Waals surface area contributed by atoms with E-state index in [0.29, 0.717) is 30.1 Å². The largest absolute Gasteiger partial charge is 0.416 e. The molecule has 0 spiro atoms. The summed E-state index contributed by atoms with van der Waals surface area (Å²) in [6.07, 6.45) is 0.0621. The number of hydrogen-bond donors (Lipinski definition) is 3. The molecule has 0 radical (unpaired) electrons. The summed E-state index contributed by atoms with van der Waals surface area (Å²) in [5.74, 6) is -0.116. The summed E-state index contributed by atoms with van der Waals surface area (Å²) >= 11 is 0. The van der Waals surface area contributed by atoms with E-state index in [0.717, 1.165) is 44.2 Å². The van der Waals surface area contributed by atoms with Gasteiger partial charge in [0.2, 0.25) is 0 Å². The van der Waals surface area contributed by atoms with Crippen LogP contribution in [0.25, 0.3) is 11.3 Å². The Kier molecular flexibility index (Phi) is 5.84. The maximum atomic E-state index is 12.9. The molecule has 2 aliphatic rings. The molecule has 2 saturated carbocycles. The summed E-state index contributed by atoms with van der Waals surface area (Å²) in [7, 11) is 0. The van der Waals surface area contributed by atoms with Gasteiger partial charge in [-0.15, -0.1) is 0 Å². The molecule has 0 bridgehead atoms. The predicted octanol–water partition coefficient (Wildman–Crippen LogP) is 3.65. The Balaban J connectivity index is 1.57. The molecule has 30 heavy (non-hydrogen) atoms. The summed E-state index contributed by atoms with van der Waals surface area (Å²) in [5, 5.41) is 20.0. The number of aromatic nitrogens is 1. The van der Waals surface area contributed by atoms with Gasteiger partial charge in [0.1, 0.15) is 0 Å². The lowest BCUT2D eigenvalue weighted by atomic mass is 9.93. The van der Waals surface area contributed by atoms with Gasteiger partial charge in [-0.3, -0.25) is 4.79 Å². The minimum Gasteiger partial charge on any atom is -0.393 e. The van der Waals surface area contributed by atoms with Gasteiger partial charge in [0.05, 0.1) is 11.7 Å². The van der Waals surface area contributed by atoms with Crippen molar-refractivity contribution in [2.24, 2.45) is 0 Å². The van der Waals surface area contributed by atoms with E-state index < -0.39 is 23.8 Å². The van der Waals surface area contributed by atoms with Gasteiger partial charge in [-0.2, -0.15) is 13.2 Å². The van der Waals surface area contributed by atoms with Crippen molar-refractivity contribution < 1.29 is 27.6 Å². The fourth-order valence-electron chi connectivity index (χ4n) is 3.77. The Labute approximate surface area is 171 Å². The van der Waals surface area contributed by atoms with Crippen LogP contribution < -0.4 is 10.6 Å². The first-order chi connectivity index (χ1) is 14.3. The van der Waals surface area contributed by atoms with Crippen LogP contribution in [0.4, 0.5) is 13.2 Å². The van der Waals surface area contributed by atoms with E-state index in [1.807, 2.05) is 0 Å². The lowest BCUT2D eigenvalue weighted by molar-refractivity contribution is -0.137. The highest BCUT2D eigenvalue weighted by atomic mass is 19.4. The second-order valence-corrected chi connectivity index (χ2v) is 8.06. The summed E-state index contributed by atoms with van der Waals surface area (Å²) in [6.45, 7) is 0.334. The van der Waals surface area contributed by atoms with Crippen LogP contribution in [0.3, 0.4) is 0 Å². The highest BCUT2D eigenvalue weighted by Crippen LogP contribution is 2.33. The molecule has 2 aromatic rings.